The third-order valence-corrected chi connectivity index (χ3v) is 9.21. The number of hydrogen-bond acceptors (Lipinski definition) is 9. The first kappa shape index (κ1) is 28.0. The summed E-state index contributed by atoms with van der Waals surface area (Å²) in [5, 5.41) is 21.9. The van der Waals surface area contributed by atoms with E-state index in [2.05, 4.69) is 37.5 Å². The number of allylic oxidation sites excluding steroid dienone is 3. The molecule has 3 N–H and O–H groups in total. The molecule has 0 fully saturated rings. The zero-order valence-electron chi connectivity index (χ0n) is 21.2. The van der Waals surface area contributed by atoms with Gasteiger partial charge in [-0.25, -0.2) is 4.39 Å². The van der Waals surface area contributed by atoms with Gasteiger partial charge < -0.3 is 11.1 Å². The molecule has 3 aromatic rings. The molecule has 1 aromatic heterocycles. The van der Waals surface area contributed by atoms with Crippen molar-refractivity contribution in [3.05, 3.63) is 92.6 Å². The number of halogens is 2. The number of benzene rings is 2. The van der Waals surface area contributed by atoms with Crippen molar-refractivity contribution in [3.8, 4) is 6.07 Å². The van der Waals surface area contributed by atoms with Crippen LogP contribution < -0.4 is 16.0 Å². The highest BCUT2D eigenvalue weighted by atomic mass is 79.9. The molecule has 0 radical (unpaired) electrons. The van der Waals surface area contributed by atoms with Crippen molar-refractivity contribution in [2.45, 2.75) is 35.9 Å². The van der Waals surface area contributed by atoms with Crippen LogP contribution >= 0.6 is 39.0 Å². The van der Waals surface area contributed by atoms with Crippen molar-refractivity contribution < 1.29 is 14.0 Å². The molecule has 1 unspecified atom stereocenters. The molecule has 1 aliphatic heterocycles. The minimum absolute atomic E-state index is 0.0809. The summed E-state index contributed by atoms with van der Waals surface area (Å²) in [6.45, 7) is 0.530. The number of nitrogens with zero attached hydrogens (tertiary/aromatic N) is 4. The number of rotatable bonds is 8. The standard InChI is InChI=1S/C28H24BrFN6O2S2/c29-17-9-10-18(20(30)13-17)24-19(14-31)26(32)36(21-7-4-8-22(37)25(21)24)27-34-35-28(40-27)39-15-23(38)33-12-11-16-5-2-1-3-6-16/h1-3,5-6,9-10,13,24H,4,7-8,11-12,15,32H2,(H,33,38). The molecular weight excluding hydrogens is 615 g/mol. The van der Waals surface area contributed by atoms with Crippen molar-refractivity contribution in [2.75, 3.05) is 17.2 Å². The Hall–Kier alpha value is -3.53. The van der Waals surface area contributed by atoms with E-state index in [-0.39, 0.29) is 34.4 Å². The quantitative estimate of drug-likeness (QED) is 0.323. The lowest BCUT2D eigenvalue weighted by molar-refractivity contribution is -0.118. The summed E-state index contributed by atoms with van der Waals surface area (Å²) in [7, 11) is 0. The Morgan fingerprint density at radius 2 is 2.05 bits per heavy atom. The monoisotopic (exact) mass is 638 g/mol. The zero-order chi connectivity index (χ0) is 28.2. The van der Waals surface area contributed by atoms with E-state index in [0.29, 0.717) is 51.0 Å². The predicted octanol–water partition coefficient (Wildman–Crippen LogP) is 5.20. The molecular formula is C28H24BrFN6O2S2. The Morgan fingerprint density at radius 3 is 2.80 bits per heavy atom. The van der Waals surface area contributed by atoms with E-state index in [4.69, 9.17) is 5.73 Å². The molecule has 0 bridgehead atoms. The molecule has 40 heavy (non-hydrogen) atoms. The molecule has 8 nitrogen and oxygen atoms in total. The van der Waals surface area contributed by atoms with E-state index in [1.54, 1.807) is 17.0 Å². The third kappa shape index (κ3) is 5.82. The van der Waals surface area contributed by atoms with Gasteiger partial charge in [0.15, 0.2) is 10.1 Å². The molecule has 1 atom stereocenters. The fourth-order valence-corrected chi connectivity index (χ4v) is 6.92. The molecule has 0 spiro atoms. The number of Topliss-reactive ketones (excluding diaryl/α,β-unsaturated/α-hetero) is 1. The molecule has 0 saturated heterocycles. The molecule has 204 valence electrons. The van der Waals surface area contributed by atoms with Crippen LogP contribution in [0.25, 0.3) is 0 Å². The Morgan fingerprint density at radius 1 is 1.25 bits per heavy atom. The highest BCUT2D eigenvalue weighted by Gasteiger charge is 2.42. The minimum atomic E-state index is -0.904. The lowest BCUT2D eigenvalue weighted by Crippen LogP contribution is -2.38. The predicted molar refractivity (Wildman–Crippen MR) is 156 cm³/mol. The summed E-state index contributed by atoms with van der Waals surface area (Å²) in [5.41, 5.74) is 8.95. The van der Waals surface area contributed by atoms with Crippen LogP contribution in [-0.4, -0.2) is 34.2 Å². The summed E-state index contributed by atoms with van der Waals surface area (Å²) >= 11 is 5.72. The molecule has 2 aliphatic rings. The van der Waals surface area contributed by atoms with Gasteiger partial charge in [-0.1, -0.05) is 75.4 Å². The third-order valence-electron chi connectivity index (χ3n) is 6.68. The number of aromatic nitrogens is 2. The number of nitrogens with two attached hydrogens (primary N) is 1. The van der Waals surface area contributed by atoms with Gasteiger partial charge in [0.05, 0.1) is 23.3 Å². The molecule has 1 amide bonds. The number of ketones is 1. The topological polar surface area (TPSA) is 125 Å². The average molecular weight is 640 g/mol. The van der Waals surface area contributed by atoms with Gasteiger partial charge in [0.25, 0.3) is 0 Å². The first-order valence-electron chi connectivity index (χ1n) is 12.6. The Kier molecular flexibility index (Phi) is 8.63. The van der Waals surface area contributed by atoms with Gasteiger partial charge in [0.1, 0.15) is 11.6 Å². The van der Waals surface area contributed by atoms with Gasteiger partial charge in [-0.3, -0.25) is 14.5 Å². The van der Waals surface area contributed by atoms with Crippen LogP contribution in [0.3, 0.4) is 0 Å². The second kappa shape index (κ2) is 12.3. The zero-order valence-corrected chi connectivity index (χ0v) is 24.4. The largest absolute Gasteiger partial charge is 0.384 e. The van der Waals surface area contributed by atoms with Gasteiger partial charge in [0, 0.05) is 34.3 Å². The van der Waals surface area contributed by atoms with Gasteiger partial charge in [0.2, 0.25) is 11.0 Å². The van der Waals surface area contributed by atoms with Crippen LogP contribution in [0.5, 0.6) is 0 Å². The van der Waals surface area contributed by atoms with Crippen molar-refractivity contribution >= 4 is 55.9 Å². The SMILES string of the molecule is N#CC1=C(N)N(c2nnc(SCC(=O)NCCc3ccccc3)s2)C2=C(C(=O)CCC2)C1c1ccc(Br)cc1F. The Labute approximate surface area is 247 Å². The summed E-state index contributed by atoms with van der Waals surface area (Å²) in [5.74, 6) is -1.45. The number of hydrogen-bond donors (Lipinski definition) is 2. The maximum atomic E-state index is 15.1. The summed E-state index contributed by atoms with van der Waals surface area (Å²) in [4.78, 5) is 27.2. The van der Waals surface area contributed by atoms with Crippen LogP contribution in [-0.2, 0) is 16.0 Å². The van der Waals surface area contributed by atoms with E-state index in [1.165, 1.54) is 29.2 Å². The summed E-state index contributed by atoms with van der Waals surface area (Å²) in [6.07, 6.45) is 2.16. The van der Waals surface area contributed by atoms with Crippen LogP contribution in [0.1, 0.15) is 36.3 Å². The van der Waals surface area contributed by atoms with Crippen molar-refractivity contribution in [1.82, 2.24) is 15.5 Å². The second-order valence-corrected chi connectivity index (χ2v) is 12.3. The van der Waals surface area contributed by atoms with Crippen molar-refractivity contribution in [1.29, 1.82) is 5.26 Å². The number of nitriles is 1. The van der Waals surface area contributed by atoms with Gasteiger partial charge in [-0.2, -0.15) is 5.26 Å². The minimum Gasteiger partial charge on any atom is -0.384 e. The van der Waals surface area contributed by atoms with Crippen LogP contribution in [0, 0.1) is 17.1 Å². The highest BCUT2D eigenvalue weighted by molar-refractivity contribution is 9.10. The fourth-order valence-electron chi connectivity index (χ4n) is 4.87. The highest BCUT2D eigenvalue weighted by Crippen LogP contribution is 2.47. The maximum Gasteiger partial charge on any atom is 0.230 e. The van der Waals surface area contributed by atoms with Gasteiger partial charge in [-0.05, 0) is 37.0 Å². The Balaban J connectivity index is 1.36. The van der Waals surface area contributed by atoms with Crippen molar-refractivity contribution in [2.24, 2.45) is 5.73 Å². The lowest BCUT2D eigenvalue weighted by atomic mass is 9.75. The number of carbonyl (C=O) groups is 2. The number of amides is 1. The molecule has 1 aliphatic carbocycles. The summed E-state index contributed by atoms with van der Waals surface area (Å²) in [6, 6.07) is 16.6. The van der Waals surface area contributed by atoms with Crippen LogP contribution in [0.2, 0.25) is 0 Å². The first-order chi connectivity index (χ1) is 19.4. The fraction of sp³-hybridized carbons (Fsp3) is 0.250. The first-order valence-corrected chi connectivity index (χ1v) is 15.1. The van der Waals surface area contributed by atoms with Crippen LogP contribution in [0.15, 0.2) is 80.0 Å². The molecule has 2 heterocycles. The summed E-state index contributed by atoms with van der Waals surface area (Å²) < 4.78 is 16.2. The van der Waals surface area contributed by atoms with Gasteiger partial charge in [-0.15, -0.1) is 10.2 Å². The van der Waals surface area contributed by atoms with Crippen molar-refractivity contribution in [3.63, 3.8) is 0 Å². The normalized spacial score (nSPS) is 17.1. The molecule has 0 saturated carbocycles. The van der Waals surface area contributed by atoms with E-state index < -0.39 is 11.7 Å². The maximum absolute atomic E-state index is 15.1. The van der Waals surface area contributed by atoms with E-state index in [0.717, 1.165) is 12.0 Å². The number of anilines is 1. The van der Waals surface area contributed by atoms with E-state index >= 15 is 4.39 Å². The molecule has 2 aromatic carbocycles. The lowest BCUT2D eigenvalue weighted by Gasteiger charge is -2.38. The molecule has 12 heteroatoms. The number of nitrogens with one attached hydrogen (secondary N) is 1. The van der Waals surface area contributed by atoms with Crippen LogP contribution in [0.4, 0.5) is 9.52 Å². The van der Waals surface area contributed by atoms with Gasteiger partial charge >= 0.3 is 0 Å². The Bertz CT molecular complexity index is 1570. The molecule has 5 rings (SSSR count). The smallest absolute Gasteiger partial charge is 0.230 e. The average Bonchev–Trinajstić information content (AvgIpc) is 3.41. The number of thioether (sulfide) groups is 1. The van der Waals surface area contributed by atoms with E-state index in [1.807, 2.05) is 30.3 Å². The second-order valence-electron chi connectivity index (χ2n) is 9.21. The van der Waals surface area contributed by atoms with E-state index in [9.17, 15) is 14.9 Å². The number of carbonyl (C=O) groups excluding carboxylic acids is 2.